The van der Waals surface area contributed by atoms with Gasteiger partial charge in [0.1, 0.15) is 5.01 Å². The number of aromatic nitrogens is 1. The van der Waals surface area contributed by atoms with Gasteiger partial charge in [0.25, 0.3) is 0 Å². The summed E-state index contributed by atoms with van der Waals surface area (Å²) in [5.41, 5.74) is 1.36. The van der Waals surface area contributed by atoms with Gasteiger partial charge < -0.3 is 9.64 Å². The predicted molar refractivity (Wildman–Crippen MR) is 96.5 cm³/mol. The van der Waals surface area contributed by atoms with Crippen LogP contribution in [0.4, 0.5) is 0 Å². The highest BCUT2D eigenvalue weighted by molar-refractivity contribution is 7.09. The first-order valence-corrected chi connectivity index (χ1v) is 9.40. The van der Waals surface area contributed by atoms with Crippen LogP contribution < -0.4 is 0 Å². The molecule has 1 fully saturated rings. The highest BCUT2D eigenvalue weighted by atomic mass is 32.1. The van der Waals surface area contributed by atoms with Gasteiger partial charge >= 0.3 is 5.97 Å². The predicted octanol–water partition coefficient (Wildman–Crippen LogP) is 3.61. The maximum absolute atomic E-state index is 13.2. The highest BCUT2D eigenvalue weighted by Crippen LogP contribution is 2.33. The molecule has 25 heavy (non-hydrogen) atoms. The van der Waals surface area contributed by atoms with Gasteiger partial charge in [-0.05, 0) is 24.8 Å². The average molecular weight is 358 g/mol. The molecule has 1 aliphatic carbocycles. The van der Waals surface area contributed by atoms with E-state index in [1.54, 1.807) is 5.38 Å². The smallest absolute Gasteiger partial charge is 0.357 e. The fourth-order valence-corrected chi connectivity index (χ4v) is 3.70. The summed E-state index contributed by atoms with van der Waals surface area (Å²) in [6, 6.07) is 10.2. The molecule has 1 heterocycles. The number of esters is 1. The minimum Gasteiger partial charge on any atom is -0.464 e. The Morgan fingerprint density at radius 2 is 2.04 bits per heavy atom. The third-order valence-corrected chi connectivity index (χ3v) is 5.26. The molecule has 1 aromatic carbocycles. The Morgan fingerprint density at radius 3 is 2.64 bits per heavy atom. The summed E-state index contributed by atoms with van der Waals surface area (Å²) in [5, 5.41) is 2.45. The molecule has 0 N–H and O–H groups in total. The maximum Gasteiger partial charge on any atom is 0.357 e. The first-order valence-electron chi connectivity index (χ1n) is 8.52. The number of methoxy groups -OCH3 is 1. The minimum atomic E-state index is -0.442. The number of hydrogen-bond acceptors (Lipinski definition) is 5. The van der Waals surface area contributed by atoms with Crippen molar-refractivity contribution in [3.63, 3.8) is 0 Å². The fraction of sp³-hybridized carbons (Fsp3) is 0.421. The summed E-state index contributed by atoms with van der Waals surface area (Å²) in [7, 11) is 1.34. The van der Waals surface area contributed by atoms with Gasteiger partial charge in [0, 0.05) is 11.4 Å². The highest BCUT2D eigenvalue weighted by Gasteiger charge is 2.36. The summed E-state index contributed by atoms with van der Waals surface area (Å²) >= 11 is 1.39. The molecule has 1 amide bonds. The molecule has 0 spiro atoms. The van der Waals surface area contributed by atoms with E-state index in [0.717, 1.165) is 29.8 Å². The largest absolute Gasteiger partial charge is 0.464 e. The Labute approximate surface area is 151 Å². The number of benzene rings is 1. The lowest BCUT2D eigenvalue weighted by atomic mass is 9.95. The zero-order valence-electron chi connectivity index (χ0n) is 14.5. The molecule has 0 saturated heterocycles. The van der Waals surface area contributed by atoms with E-state index in [1.807, 2.05) is 42.2 Å². The van der Waals surface area contributed by atoms with Gasteiger partial charge in [0.05, 0.1) is 19.6 Å². The summed E-state index contributed by atoms with van der Waals surface area (Å²) in [5.74, 6) is -0.435. The molecular weight excluding hydrogens is 336 g/mol. The molecule has 0 aliphatic heterocycles. The molecule has 5 nitrogen and oxygen atoms in total. The van der Waals surface area contributed by atoms with Crippen LogP contribution in [-0.2, 0) is 16.1 Å². The molecule has 1 atom stereocenters. The zero-order chi connectivity index (χ0) is 17.8. The van der Waals surface area contributed by atoms with Crippen molar-refractivity contribution in [2.75, 3.05) is 7.11 Å². The van der Waals surface area contributed by atoms with Gasteiger partial charge in [-0.2, -0.15) is 0 Å². The summed E-state index contributed by atoms with van der Waals surface area (Å²) in [6.45, 7) is 2.49. The van der Waals surface area contributed by atoms with Crippen molar-refractivity contribution in [2.24, 2.45) is 0 Å². The van der Waals surface area contributed by atoms with Crippen molar-refractivity contribution >= 4 is 23.2 Å². The number of nitrogens with zero attached hydrogens (tertiary/aromatic N) is 2. The summed E-state index contributed by atoms with van der Waals surface area (Å²) < 4.78 is 4.70. The maximum atomic E-state index is 13.2. The van der Waals surface area contributed by atoms with Crippen LogP contribution in [0.2, 0.25) is 0 Å². The van der Waals surface area contributed by atoms with Crippen molar-refractivity contribution in [1.82, 2.24) is 9.88 Å². The molecule has 6 heteroatoms. The second kappa shape index (κ2) is 7.78. The van der Waals surface area contributed by atoms with Gasteiger partial charge in [-0.25, -0.2) is 9.78 Å². The van der Waals surface area contributed by atoms with Crippen molar-refractivity contribution in [1.29, 1.82) is 0 Å². The lowest BCUT2D eigenvalue weighted by Crippen LogP contribution is -2.36. The Bertz CT molecular complexity index is 740. The molecule has 2 aromatic rings. The van der Waals surface area contributed by atoms with Crippen LogP contribution in [0.15, 0.2) is 35.7 Å². The number of amides is 1. The number of carbonyl (C=O) groups excluding carboxylic acids is 2. The number of ether oxygens (including phenoxy) is 1. The average Bonchev–Trinajstić information content (AvgIpc) is 3.38. The quantitative estimate of drug-likeness (QED) is 0.710. The standard InChI is InChI=1S/C19H22N2O3S/c1-3-15(13-7-5-4-6-8-13)18(22)21(14-9-10-14)11-17-20-16(12-25-17)19(23)24-2/h4-8,12,14-15H,3,9-11H2,1-2H3. The van der Waals surface area contributed by atoms with Gasteiger partial charge in [-0.15, -0.1) is 11.3 Å². The number of carbonyl (C=O) groups is 2. The molecule has 1 aromatic heterocycles. The zero-order valence-corrected chi connectivity index (χ0v) is 15.3. The number of rotatable bonds is 7. The van der Waals surface area contributed by atoms with Crippen LogP contribution in [0.1, 0.15) is 53.2 Å². The van der Waals surface area contributed by atoms with E-state index in [-0.39, 0.29) is 17.9 Å². The van der Waals surface area contributed by atoms with Crippen LogP contribution in [0.25, 0.3) is 0 Å². The second-order valence-corrected chi connectivity index (χ2v) is 7.13. The SMILES string of the molecule is CCC(C(=O)N(Cc1nc(C(=O)OC)cs1)C1CC1)c1ccccc1. The fourth-order valence-electron chi connectivity index (χ4n) is 2.94. The Balaban J connectivity index is 1.77. The van der Waals surface area contributed by atoms with Crippen molar-refractivity contribution < 1.29 is 14.3 Å². The van der Waals surface area contributed by atoms with E-state index in [4.69, 9.17) is 4.74 Å². The number of hydrogen-bond donors (Lipinski definition) is 0. The van der Waals surface area contributed by atoms with Crippen LogP contribution in [0, 0.1) is 0 Å². The molecular formula is C19H22N2O3S. The second-order valence-electron chi connectivity index (χ2n) is 6.19. The van der Waals surface area contributed by atoms with Crippen molar-refractivity contribution in [2.45, 2.75) is 44.7 Å². The van der Waals surface area contributed by atoms with Gasteiger partial charge in [0.2, 0.25) is 5.91 Å². The van der Waals surface area contributed by atoms with Crippen LogP contribution in [0.3, 0.4) is 0 Å². The Hall–Kier alpha value is -2.21. The first kappa shape index (κ1) is 17.6. The minimum absolute atomic E-state index is 0.137. The molecule has 132 valence electrons. The summed E-state index contributed by atoms with van der Waals surface area (Å²) in [6.07, 6.45) is 2.83. The lowest BCUT2D eigenvalue weighted by molar-refractivity contribution is -0.134. The van der Waals surface area contributed by atoms with Gasteiger partial charge in [-0.3, -0.25) is 4.79 Å². The van der Waals surface area contributed by atoms with Crippen LogP contribution >= 0.6 is 11.3 Å². The van der Waals surface area contributed by atoms with Crippen molar-refractivity contribution in [3.8, 4) is 0 Å². The molecule has 0 radical (unpaired) electrons. The normalized spacial score (nSPS) is 14.8. The van der Waals surface area contributed by atoms with Gasteiger partial charge in [-0.1, -0.05) is 37.3 Å². The summed E-state index contributed by atoms with van der Waals surface area (Å²) in [4.78, 5) is 31.0. The van der Waals surface area contributed by atoms with E-state index < -0.39 is 5.97 Å². The molecule has 3 rings (SSSR count). The van der Waals surface area contributed by atoms with E-state index in [0.29, 0.717) is 12.2 Å². The van der Waals surface area contributed by atoms with E-state index in [9.17, 15) is 9.59 Å². The van der Waals surface area contributed by atoms with Crippen LogP contribution in [0.5, 0.6) is 0 Å². The topological polar surface area (TPSA) is 59.5 Å². The third-order valence-electron chi connectivity index (χ3n) is 4.43. The van der Waals surface area contributed by atoms with E-state index >= 15 is 0 Å². The Kier molecular flexibility index (Phi) is 5.48. The third kappa shape index (κ3) is 4.07. The van der Waals surface area contributed by atoms with Crippen molar-refractivity contribution in [3.05, 3.63) is 52.0 Å². The molecule has 0 bridgehead atoms. The van der Waals surface area contributed by atoms with E-state index in [1.165, 1.54) is 18.4 Å². The number of thiazole rings is 1. The first-order chi connectivity index (χ1) is 12.1. The lowest BCUT2D eigenvalue weighted by Gasteiger charge is -2.26. The Morgan fingerprint density at radius 1 is 1.32 bits per heavy atom. The van der Waals surface area contributed by atoms with Gasteiger partial charge in [0.15, 0.2) is 5.69 Å². The molecule has 1 aliphatic rings. The monoisotopic (exact) mass is 358 g/mol. The van der Waals surface area contributed by atoms with Crippen LogP contribution in [-0.4, -0.2) is 34.9 Å². The van der Waals surface area contributed by atoms with E-state index in [2.05, 4.69) is 4.98 Å². The molecule has 1 unspecified atom stereocenters. The molecule has 1 saturated carbocycles.